The molecule has 2 aromatic heterocycles. The SMILES string of the molecule is COC(=O)c1cnc(-n2cc(Cc3ccc(S(=O)(=O)N(Cc4ccc(OC)cc4)Cc4ccc(OC)cc4)cc3)c(-c3ccccc3)n2)n1C. The zero-order valence-corrected chi connectivity index (χ0v) is 29.0. The highest BCUT2D eigenvalue weighted by Gasteiger charge is 2.26. The molecule has 6 aromatic rings. The van der Waals surface area contributed by atoms with E-state index in [0.717, 1.165) is 33.5 Å². The molecule has 0 aliphatic rings. The van der Waals surface area contributed by atoms with Gasteiger partial charge >= 0.3 is 5.97 Å². The minimum absolute atomic E-state index is 0.171. The lowest BCUT2D eigenvalue weighted by atomic mass is 10.0. The molecule has 0 saturated carbocycles. The summed E-state index contributed by atoms with van der Waals surface area (Å²) in [4.78, 5) is 16.8. The summed E-state index contributed by atoms with van der Waals surface area (Å²) in [5, 5.41) is 4.85. The van der Waals surface area contributed by atoms with Crippen molar-refractivity contribution in [3.8, 4) is 28.7 Å². The number of rotatable bonds is 13. The Morgan fingerprint density at radius 3 is 1.86 bits per heavy atom. The molecule has 0 amide bonds. The molecule has 0 aliphatic heterocycles. The van der Waals surface area contributed by atoms with E-state index in [4.69, 9.17) is 19.3 Å². The van der Waals surface area contributed by atoms with Crippen LogP contribution in [0, 0.1) is 0 Å². The smallest absolute Gasteiger partial charge is 0.356 e. The first-order valence-corrected chi connectivity index (χ1v) is 17.2. The van der Waals surface area contributed by atoms with Crippen LogP contribution >= 0.6 is 0 Å². The zero-order chi connectivity index (χ0) is 35.3. The number of hydrogen-bond acceptors (Lipinski definition) is 8. The molecule has 2 heterocycles. The van der Waals surface area contributed by atoms with Gasteiger partial charge in [-0.05, 0) is 53.1 Å². The van der Waals surface area contributed by atoms with Crippen LogP contribution in [-0.4, -0.2) is 59.4 Å². The van der Waals surface area contributed by atoms with Crippen molar-refractivity contribution >= 4 is 16.0 Å². The van der Waals surface area contributed by atoms with E-state index >= 15 is 0 Å². The van der Waals surface area contributed by atoms with Crippen LogP contribution in [0.5, 0.6) is 11.5 Å². The van der Waals surface area contributed by atoms with Crippen LogP contribution in [0.15, 0.2) is 120 Å². The summed E-state index contributed by atoms with van der Waals surface area (Å²) in [6, 6.07) is 31.5. The van der Waals surface area contributed by atoms with Gasteiger partial charge in [-0.2, -0.15) is 9.40 Å². The number of aromatic nitrogens is 4. The van der Waals surface area contributed by atoms with Gasteiger partial charge in [0, 0.05) is 43.9 Å². The standard InChI is InChI=1S/C38H37N5O6S/c1-41-35(37(44)49-4)23-39-38(41)43-26-31(36(40-43)30-8-6-5-7-9-30)22-27-14-20-34(21-15-27)50(45,46)42(24-28-10-16-32(47-2)17-11-28)25-29-12-18-33(48-3)19-13-29/h5-21,23,26H,22,24-25H2,1-4H3. The monoisotopic (exact) mass is 691 g/mol. The van der Waals surface area contributed by atoms with Crippen molar-refractivity contribution in [1.29, 1.82) is 0 Å². The molecule has 0 spiro atoms. The van der Waals surface area contributed by atoms with Gasteiger partial charge in [0.05, 0.1) is 38.1 Å². The molecule has 0 saturated heterocycles. The topological polar surface area (TPSA) is 118 Å². The average Bonchev–Trinajstić information content (AvgIpc) is 3.75. The first kappa shape index (κ1) is 34.2. The molecule has 12 heteroatoms. The molecule has 50 heavy (non-hydrogen) atoms. The fraction of sp³-hybridized carbons (Fsp3) is 0.184. The Labute approximate surface area is 291 Å². The Bertz CT molecular complexity index is 2130. The quantitative estimate of drug-likeness (QED) is 0.134. The van der Waals surface area contributed by atoms with Crippen LogP contribution in [-0.2, 0) is 41.3 Å². The third-order valence-electron chi connectivity index (χ3n) is 8.39. The van der Waals surface area contributed by atoms with Crippen molar-refractivity contribution in [3.63, 3.8) is 0 Å². The second kappa shape index (κ2) is 14.8. The Kier molecular flexibility index (Phi) is 10.1. The molecule has 6 rings (SSSR count). The molecule has 256 valence electrons. The largest absolute Gasteiger partial charge is 0.497 e. The van der Waals surface area contributed by atoms with Crippen molar-refractivity contribution in [2.24, 2.45) is 7.05 Å². The van der Waals surface area contributed by atoms with Crippen molar-refractivity contribution in [2.45, 2.75) is 24.4 Å². The average molecular weight is 692 g/mol. The third kappa shape index (κ3) is 7.31. The zero-order valence-electron chi connectivity index (χ0n) is 28.2. The van der Waals surface area contributed by atoms with Gasteiger partial charge in [0.2, 0.25) is 16.0 Å². The molecular formula is C38H37N5O6S. The molecule has 0 bridgehead atoms. The van der Waals surface area contributed by atoms with Crippen LogP contribution in [0.3, 0.4) is 0 Å². The highest BCUT2D eigenvalue weighted by molar-refractivity contribution is 7.89. The third-order valence-corrected chi connectivity index (χ3v) is 10.2. The maximum absolute atomic E-state index is 14.2. The van der Waals surface area contributed by atoms with Gasteiger partial charge in [0.1, 0.15) is 17.2 Å². The molecule has 0 radical (unpaired) electrons. The molecule has 0 unspecified atom stereocenters. The van der Waals surface area contributed by atoms with Gasteiger partial charge in [-0.1, -0.05) is 66.7 Å². The number of carbonyl (C=O) groups excluding carboxylic acids is 1. The van der Waals surface area contributed by atoms with Crippen LogP contribution in [0.2, 0.25) is 0 Å². The van der Waals surface area contributed by atoms with Crippen LogP contribution in [0.1, 0.15) is 32.7 Å². The second-order valence-electron chi connectivity index (χ2n) is 11.6. The molecule has 11 nitrogen and oxygen atoms in total. The summed E-state index contributed by atoms with van der Waals surface area (Å²) in [5.74, 6) is 1.34. The Morgan fingerprint density at radius 1 is 0.760 bits per heavy atom. The Hall–Kier alpha value is -5.72. The van der Waals surface area contributed by atoms with Gasteiger partial charge in [0.15, 0.2) is 0 Å². The number of carbonyl (C=O) groups is 1. The molecular weight excluding hydrogens is 655 g/mol. The number of esters is 1. The second-order valence-corrected chi connectivity index (χ2v) is 13.5. The van der Waals surface area contributed by atoms with Gasteiger partial charge in [-0.15, -0.1) is 0 Å². The number of benzene rings is 4. The van der Waals surface area contributed by atoms with Crippen molar-refractivity contribution in [2.75, 3.05) is 21.3 Å². The maximum atomic E-state index is 14.2. The summed E-state index contributed by atoms with van der Waals surface area (Å²) >= 11 is 0. The van der Waals surface area contributed by atoms with E-state index in [1.807, 2.05) is 97.2 Å². The predicted molar refractivity (Wildman–Crippen MR) is 189 cm³/mol. The maximum Gasteiger partial charge on any atom is 0.356 e. The highest BCUT2D eigenvalue weighted by Crippen LogP contribution is 2.28. The van der Waals surface area contributed by atoms with Gasteiger partial charge in [0.25, 0.3) is 0 Å². The highest BCUT2D eigenvalue weighted by atomic mass is 32.2. The Morgan fingerprint density at radius 2 is 1.32 bits per heavy atom. The van der Waals surface area contributed by atoms with E-state index in [1.54, 1.807) is 42.6 Å². The predicted octanol–water partition coefficient (Wildman–Crippen LogP) is 6.06. The summed E-state index contributed by atoms with van der Waals surface area (Å²) in [6.45, 7) is 0.342. The minimum atomic E-state index is -3.91. The summed E-state index contributed by atoms with van der Waals surface area (Å²) in [7, 11) is 2.33. The summed E-state index contributed by atoms with van der Waals surface area (Å²) in [5.41, 5.74) is 5.41. The number of ether oxygens (including phenoxy) is 3. The van der Waals surface area contributed by atoms with E-state index < -0.39 is 16.0 Å². The lowest BCUT2D eigenvalue weighted by Crippen LogP contribution is -2.30. The Balaban J connectivity index is 1.30. The van der Waals surface area contributed by atoms with Gasteiger partial charge in [-0.25, -0.2) is 22.9 Å². The van der Waals surface area contributed by atoms with Crippen molar-refractivity contribution in [1.82, 2.24) is 23.6 Å². The van der Waals surface area contributed by atoms with E-state index in [-0.39, 0.29) is 18.0 Å². The number of imidazole rings is 1. The lowest BCUT2D eigenvalue weighted by Gasteiger charge is -2.23. The number of methoxy groups -OCH3 is 3. The van der Waals surface area contributed by atoms with E-state index in [9.17, 15) is 13.2 Å². The minimum Gasteiger partial charge on any atom is -0.497 e. The summed E-state index contributed by atoms with van der Waals surface area (Å²) < 4.78 is 48.6. The van der Waals surface area contributed by atoms with E-state index in [2.05, 4.69) is 4.98 Å². The molecule has 0 fully saturated rings. The number of sulfonamides is 1. The van der Waals surface area contributed by atoms with E-state index in [1.165, 1.54) is 17.6 Å². The molecule has 0 atom stereocenters. The fourth-order valence-electron chi connectivity index (χ4n) is 5.63. The molecule has 0 aliphatic carbocycles. The summed E-state index contributed by atoms with van der Waals surface area (Å²) in [6.07, 6.45) is 3.80. The molecule has 4 aromatic carbocycles. The van der Waals surface area contributed by atoms with Crippen molar-refractivity contribution in [3.05, 3.63) is 143 Å². The van der Waals surface area contributed by atoms with Gasteiger partial charge < -0.3 is 18.8 Å². The normalized spacial score (nSPS) is 11.5. The molecule has 0 N–H and O–H groups in total. The van der Waals surface area contributed by atoms with Crippen LogP contribution in [0.25, 0.3) is 17.2 Å². The lowest BCUT2D eigenvalue weighted by molar-refractivity contribution is 0.0589. The number of hydrogen-bond donors (Lipinski definition) is 0. The fourth-order valence-corrected chi connectivity index (χ4v) is 7.05. The van der Waals surface area contributed by atoms with E-state index in [0.29, 0.717) is 29.6 Å². The van der Waals surface area contributed by atoms with Crippen LogP contribution < -0.4 is 9.47 Å². The number of nitrogens with zero attached hydrogens (tertiary/aromatic N) is 5. The van der Waals surface area contributed by atoms with Crippen molar-refractivity contribution < 1.29 is 27.4 Å². The first-order chi connectivity index (χ1) is 24.2. The first-order valence-electron chi connectivity index (χ1n) is 15.8. The van der Waals surface area contributed by atoms with Gasteiger partial charge in [-0.3, -0.25) is 0 Å². The van der Waals surface area contributed by atoms with Crippen LogP contribution in [0.4, 0.5) is 0 Å².